The third kappa shape index (κ3) is 1.92. The topological polar surface area (TPSA) is 150 Å². The van der Waals surface area contributed by atoms with Gasteiger partial charge < -0.3 is 21.7 Å². The molecule has 0 aliphatic carbocycles. The van der Waals surface area contributed by atoms with Crippen molar-refractivity contribution in [2.24, 2.45) is 5.73 Å². The number of amides is 1. The van der Waals surface area contributed by atoms with Crippen molar-refractivity contribution in [2.45, 2.75) is 0 Å². The molecule has 7 N–H and O–H groups in total. The average Bonchev–Trinajstić information content (AvgIpc) is 2.21. The predicted octanol–water partition coefficient (Wildman–Crippen LogP) is -0.632. The van der Waals surface area contributed by atoms with E-state index in [0.29, 0.717) is 0 Å². The third-order valence-electron chi connectivity index (χ3n) is 1.86. The highest BCUT2D eigenvalue weighted by Gasteiger charge is 2.21. The molecule has 1 aromatic rings. The molecule has 0 unspecified atom stereocenters. The molecular weight excluding hydrogens is 214 g/mol. The van der Waals surface area contributed by atoms with Crippen LogP contribution in [0.5, 0.6) is 11.5 Å². The number of nitrogen functional groups attached to an aromatic ring is 1. The minimum Gasteiger partial charge on any atom is -0.504 e. The number of hydrogen-bond donors (Lipinski definition) is 5. The smallest absolute Gasteiger partial charge is 0.270 e. The molecule has 16 heavy (non-hydrogen) atoms. The molecule has 0 radical (unpaired) electrons. The predicted molar refractivity (Wildman–Crippen MR) is 55.4 cm³/mol. The zero-order valence-corrected chi connectivity index (χ0v) is 8.02. The molecule has 0 aliphatic rings. The maximum Gasteiger partial charge on any atom is 0.270 e. The number of phenolic OH excluding ortho intramolecular Hbond substituents is 2. The van der Waals surface area contributed by atoms with Crippen LogP contribution < -0.4 is 11.5 Å². The van der Waals surface area contributed by atoms with Gasteiger partial charge in [0.15, 0.2) is 17.2 Å². The van der Waals surface area contributed by atoms with E-state index in [4.69, 9.17) is 27.1 Å². The van der Waals surface area contributed by atoms with Gasteiger partial charge in [0, 0.05) is 11.8 Å². The molecule has 0 heterocycles. The normalized spacial score (nSPS) is 9.75. The largest absolute Gasteiger partial charge is 0.504 e. The number of primary amides is 1. The van der Waals surface area contributed by atoms with Crippen LogP contribution in [0.4, 0.5) is 5.69 Å². The maximum absolute atomic E-state index is 11.5. The molecule has 0 saturated carbocycles. The van der Waals surface area contributed by atoms with Gasteiger partial charge in [-0.1, -0.05) is 0 Å². The van der Waals surface area contributed by atoms with Crippen LogP contribution >= 0.6 is 0 Å². The number of carbonyl (C=O) groups excluding carboxylic acids is 2. The first kappa shape index (κ1) is 11.5. The standard InChI is InChI=1S/C9H9N3O4/c10-4-2-6(14)5(13)1-3(4)8(15)7(11)9(12)16/h1-2,11,13-14H,10H2,(H2,12,16). The van der Waals surface area contributed by atoms with E-state index in [1.54, 1.807) is 0 Å². The van der Waals surface area contributed by atoms with E-state index in [1.807, 2.05) is 0 Å². The number of nitrogens with one attached hydrogen (secondary N) is 1. The van der Waals surface area contributed by atoms with Crippen molar-refractivity contribution in [3.05, 3.63) is 17.7 Å². The molecule has 0 aliphatic heterocycles. The Balaban J connectivity index is 3.24. The molecule has 0 aromatic heterocycles. The van der Waals surface area contributed by atoms with Gasteiger partial charge in [-0.2, -0.15) is 0 Å². The molecule has 0 bridgehead atoms. The highest BCUT2D eigenvalue weighted by atomic mass is 16.3. The third-order valence-corrected chi connectivity index (χ3v) is 1.86. The van der Waals surface area contributed by atoms with Gasteiger partial charge in [0.2, 0.25) is 5.78 Å². The lowest BCUT2D eigenvalue weighted by atomic mass is 10.0. The number of aromatic hydroxyl groups is 2. The Hall–Kier alpha value is -2.57. The lowest BCUT2D eigenvalue weighted by molar-refractivity contribution is -0.111. The molecule has 84 valence electrons. The zero-order valence-electron chi connectivity index (χ0n) is 8.02. The molecule has 0 spiro atoms. The number of anilines is 1. The monoisotopic (exact) mass is 223 g/mol. The average molecular weight is 223 g/mol. The number of Topliss-reactive ketones (excluding diaryl/α,β-unsaturated/α-hetero) is 1. The number of nitrogens with two attached hydrogens (primary N) is 2. The molecule has 0 atom stereocenters. The Morgan fingerprint density at radius 1 is 1.19 bits per heavy atom. The minimum absolute atomic E-state index is 0.161. The van der Waals surface area contributed by atoms with Crippen molar-refractivity contribution >= 4 is 23.1 Å². The van der Waals surface area contributed by atoms with Crippen molar-refractivity contribution in [1.82, 2.24) is 0 Å². The number of rotatable bonds is 3. The molecule has 1 aromatic carbocycles. The van der Waals surface area contributed by atoms with Crippen molar-refractivity contribution in [2.75, 3.05) is 5.73 Å². The van der Waals surface area contributed by atoms with Gasteiger partial charge in [-0.25, -0.2) is 0 Å². The van der Waals surface area contributed by atoms with Crippen molar-refractivity contribution in [3.63, 3.8) is 0 Å². The number of phenols is 2. The van der Waals surface area contributed by atoms with Gasteiger partial charge in [0.05, 0.1) is 5.56 Å². The van der Waals surface area contributed by atoms with Crippen molar-refractivity contribution < 1.29 is 19.8 Å². The maximum atomic E-state index is 11.5. The highest BCUT2D eigenvalue weighted by Crippen LogP contribution is 2.30. The first-order valence-electron chi connectivity index (χ1n) is 4.09. The van der Waals surface area contributed by atoms with Gasteiger partial charge in [0.1, 0.15) is 0 Å². The number of ketones is 1. The molecule has 1 amide bonds. The fourth-order valence-corrected chi connectivity index (χ4v) is 1.04. The fraction of sp³-hybridized carbons (Fsp3) is 0. The summed E-state index contributed by atoms with van der Waals surface area (Å²) < 4.78 is 0. The van der Waals surface area contributed by atoms with Crippen LogP contribution in [0.3, 0.4) is 0 Å². The van der Waals surface area contributed by atoms with E-state index in [9.17, 15) is 9.59 Å². The van der Waals surface area contributed by atoms with Crippen LogP contribution in [-0.2, 0) is 4.79 Å². The molecular formula is C9H9N3O4. The van der Waals surface area contributed by atoms with Crippen LogP contribution in [-0.4, -0.2) is 27.6 Å². The Kier molecular flexibility index (Phi) is 2.80. The van der Waals surface area contributed by atoms with Gasteiger partial charge in [-0.15, -0.1) is 0 Å². The van der Waals surface area contributed by atoms with Crippen molar-refractivity contribution in [3.8, 4) is 11.5 Å². The van der Waals surface area contributed by atoms with E-state index in [1.165, 1.54) is 0 Å². The van der Waals surface area contributed by atoms with Gasteiger partial charge in [-0.3, -0.25) is 15.0 Å². The minimum atomic E-state index is -1.20. The summed E-state index contributed by atoms with van der Waals surface area (Å²) >= 11 is 0. The lowest BCUT2D eigenvalue weighted by Gasteiger charge is -2.06. The van der Waals surface area contributed by atoms with Crippen LogP contribution in [0.15, 0.2) is 12.1 Å². The second kappa shape index (κ2) is 3.89. The molecule has 0 saturated heterocycles. The van der Waals surface area contributed by atoms with Crippen LogP contribution in [0.2, 0.25) is 0 Å². The summed E-state index contributed by atoms with van der Waals surface area (Å²) in [5.74, 6) is -3.29. The number of benzene rings is 1. The first-order valence-corrected chi connectivity index (χ1v) is 4.09. The fourth-order valence-electron chi connectivity index (χ4n) is 1.04. The summed E-state index contributed by atoms with van der Waals surface area (Å²) in [6, 6.07) is 1.81. The first-order chi connectivity index (χ1) is 7.34. The Morgan fingerprint density at radius 3 is 2.19 bits per heavy atom. The summed E-state index contributed by atoms with van der Waals surface area (Å²) in [7, 11) is 0. The van der Waals surface area contributed by atoms with Crippen LogP contribution in [0, 0.1) is 5.41 Å². The summed E-state index contributed by atoms with van der Waals surface area (Å²) in [6.45, 7) is 0. The van der Waals surface area contributed by atoms with E-state index in [0.717, 1.165) is 12.1 Å². The summed E-state index contributed by atoms with van der Waals surface area (Å²) in [5.41, 5.74) is 8.77. The number of carbonyl (C=O) groups is 2. The highest BCUT2D eigenvalue weighted by molar-refractivity contribution is 6.67. The second-order valence-corrected chi connectivity index (χ2v) is 3.00. The van der Waals surface area contributed by atoms with Crippen LogP contribution in [0.1, 0.15) is 10.4 Å². The summed E-state index contributed by atoms with van der Waals surface area (Å²) in [4.78, 5) is 22.1. The zero-order chi connectivity index (χ0) is 12.5. The molecule has 1 rings (SSSR count). The van der Waals surface area contributed by atoms with E-state index in [2.05, 4.69) is 0 Å². The Labute approximate surface area is 89.8 Å². The Bertz CT molecular complexity index is 496. The number of hydrogen-bond acceptors (Lipinski definition) is 6. The molecule has 7 nitrogen and oxygen atoms in total. The van der Waals surface area contributed by atoms with Gasteiger partial charge >= 0.3 is 0 Å². The second-order valence-electron chi connectivity index (χ2n) is 3.00. The SMILES string of the molecule is N=C(C(N)=O)C(=O)c1cc(O)c(O)cc1N. The van der Waals surface area contributed by atoms with E-state index < -0.39 is 28.9 Å². The van der Waals surface area contributed by atoms with Gasteiger partial charge in [0.25, 0.3) is 5.91 Å². The lowest BCUT2D eigenvalue weighted by Crippen LogP contribution is -2.30. The quantitative estimate of drug-likeness (QED) is 0.115. The summed E-state index contributed by atoms with van der Waals surface area (Å²) in [5, 5.41) is 25.3. The summed E-state index contributed by atoms with van der Waals surface area (Å²) in [6.07, 6.45) is 0. The van der Waals surface area contributed by atoms with Crippen molar-refractivity contribution in [1.29, 1.82) is 5.41 Å². The Morgan fingerprint density at radius 2 is 1.69 bits per heavy atom. The van der Waals surface area contributed by atoms with E-state index in [-0.39, 0.29) is 11.3 Å². The van der Waals surface area contributed by atoms with E-state index >= 15 is 0 Å². The van der Waals surface area contributed by atoms with Gasteiger partial charge in [-0.05, 0) is 6.07 Å². The van der Waals surface area contributed by atoms with Crippen LogP contribution in [0.25, 0.3) is 0 Å². The molecule has 0 fully saturated rings. The molecule has 7 heteroatoms.